The summed E-state index contributed by atoms with van der Waals surface area (Å²) in [5.74, 6) is 0.240. The summed E-state index contributed by atoms with van der Waals surface area (Å²) >= 11 is 1.79. The number of fused-ring (bicyclic) bond motifs is 1. The van der Waals surface area contributed by atoms with Crippen molar-refractivity contribution in [2.75, 3.05) is 11.4 Å². The molecule has 2 nitrogen and oxygen atoms in total. The number of carbonyl (C=O) groups excluding carboxylic acids is 1. The number of hydrogen-bond donors (Lipinski definition) is 0. The Labute approximate surface area is 117 Å². The molecule has 19 heavy (non-hydrogen) atoms. The van der Waals surface area contributed by atoms with Crippen molar-refractivity contribution in [2.24, 2.45) is 0 Å². The zero-order valence-electron chi connectivity index (χ0n) is 11.2. The molecular formula is C16H17NOS. The minimum Gasteiger partial charge on any atom is -0.312 e. The Kier molecular flexibility index (Phi) is 3.15. The van der Waals surface area contributed by atoms with Crippen LogP contribution in [-0.4, -0.2) is 12.5 Å². The highest BCUT2D eigenvalue weighted by atomic mass is 32.1. The van der Waals surface area contributed by atoms with Crippen LogP contribution in [0.1, 0.15) is 28.2 Å². The second-order valence-electron chi connectivity index (χ2n) is 4.91. The Bertz CT molecular complexity index is 617. The largest absolute Gasteiger partial charge is 0.312 e. The fourth-order valence-electron chi connectivity index (χ4n) is 2.79. The molecule has 1 aliphatic heterocycles. The van der Waals surface area contributed by atoms with Gasteiger partial charge in [-0.25, -0.2) is 0 Å². The van der Waals surface area contributed by atoms with Crippen LogP contribution >= 0.6 is 11.3 Å². The number of rotatable bonds is 3. The highest BCUT2D eigenvalue weighted by Gasteiger charge is 2.36. The molecule has 2 heterocycles. The quantitative estimate of drug-likeness (QED) is 0.832. The Morgan fingerprint density at radius 1 is 1.21 bits per heavy atom. The molecule has 1 amide bonds. The first-order valence-electron chi connectivity index (χ1n) is 6.66. The van der Waals surface area contributed by atoms with Crippen molar-refractivity contribution in [2.45, 2.75) is 26.2 Å². The Balaban J connectivity index is 1.95. The molecule has 0 fully saturated rings. The maximum atomic E-state index is 12.5. The van der Waals surface area contributed by atoms with Gasteiger partial charge in [0.15, 0.2) is 0 Å². The van der Waals surface area contributed by atoms with Gasteiger partial charge >= 0.3 is 0 Å². The summed E-state index contributed by atoms with van der Waals surface area (Å²) in [7, 11) is 0. The minimum absolute atomic E-state index is 0.00537. The number of aryl methyl sites for hydroxylation is 1. The predicted molar refractivity (Wildman–Crippen MR) is 80.0 cm³/mol. The van der Waals surface area contributed by atoms with Gasteiger partial charge in [0.1, 0.15) is 0 Å². The van der Waals surface area contributed by atoms with Crippen molar-refractivity contribution >= 4 is 22.9 Å². The van der Waals surface area contributed by atoms with Crippen LogP contribution in [0.4, 0.5) is 5.69 Å². The monoisotopic (exact) mass is 271 g/mol. The standard InChI is InChI=1S/C16H17NOS/c1-3-17-15-7-5-4-6-13(15)14(16(17)18)10-12-9-8-11(2)19-12/h4-9,14H,3,10H2,1-2H3/t14-/m0/s1. The number of thiophene rings is 1. The summed E-state index contributed by atoms with van der Waals surface area (Å²) in [5, 5.41) is 0. The van der Waals surface area contributed by atoms with Gasteiger partial charge in [0.2, 0.25) is 5.91 Å². The van der Waals surface area contributed by atoms with E-state index in [9.17, 15) is 4.79 Å². The highest BCUT2D eigenvalue weighted by molar-refractivity contribution is 7.11. The first-order valence-corrected chi connectivity index (χ1v) is 7.48. The van der Waals surface area contributed by atoms with E-state index in [2.05, 4.69) is 31.2 Å². The molecular weight excluding hydrogens is 254 g/mol. The molecule has 1 atom stereocenters. The maximum absolute atomic E-state index is 12.5. The van der Waals surface area contributed by atoms with Gasteiger partial charge in [0.25, 0.3) is 0 Å². The summed E-state index contributed by atoms with van der Waals surface area (Å²) in [6.45, 7) is 4.89. The lowest BCUT2D eigenvalue weighted by Crippen LogP contribution is -2.28. The molecule has 1 aromatic carbocycles. The third kappa shape index (κ3) is 2.08. The maximum Gasteiger partial charge on any atom is 0.234 e. The number of hydrogen-bond acceptors (Lipinski definition) is 2. The van der Waals surface area contributed by atoms with Crippen molar-refractivity contribution in [3.05, 3.63) is 51.7 Å². The van der Waals surface area contributed by atoms with Gasteiger partial charge in [-0.05, 0) is 44.0 Å². The molecule has 1 aliphatic rings. The van der Waals surface area contributed by atoms with Gasteiger partial charge in [-0.1, -0.05) is 18.2 Å². The summed E-state index contributed by atoms with van der Waals surface area (Å²) in [4.78, 5) is 17.0. The summed E-state index contributed by atoms with van der Waals surface area (Å²) in [6, 6.07) is 12.4. The van der Waals surface area contributed by atoms with E-state index in [0.29, 0.717) is 0 Å². The normalized spacial score (nSPS) is 17.9. The Morgan fingerprint density at radius 2 is 2.00 bits per heavy atom. The van der Waals surface area contributed by atoms with E-state index in [0.717, 1.165) is 18.7 Å². The van der Waals surface area contributed by atoms with E-state index < -0.39 is 0 Å². The fourth-order valence-corrected chi connectivity index (χ4v) is 3.72. The number of carbonyl (C=O) groups is 1. The lowest BCUT2D eigenvalue weighted by atomic mass is 9.97. The van der Waals surface area contributed by atoms with Crippen LogP contribution in [0.3, 0.4) is 0 Å². The SMILES string of the molecule is CCN1C(=O)[C@@H](Cc2ccc(C)s2)c2ccccc21. The van der Waals surface area contributed by atoms with Crippen molar-refractivity contribution in [3.63, 3.8) is 0 Å². The van der Waals surface area contributed by atoms with E-state index in [1.165, 1.54) is 15.3 Å². The minimum atomic E-state index is -0.00537. The van der Waals surface area contributed by atoms with Crippen molar-refractivity contribution in [1.82, 2.24) is 0 Å². The molecule has 0 aliphatic carbocycles. The van der Waals surface area contributed by atoms with Crippen molar-refractivity contribution < 1.29 is 4.79 Å². The lowest BCUT2D eigenvalue weighted by molar-refractivity contribution is -0.119. The molecule has 0 N–H and O–H groups in total. The Hall–Kier alpha value is -1.61. The number of benzene rings is 1. The zero-order valence-corrected chi connectivity index (χ0v) is 12.0. The molecule has 0 saturated heterocycles. The van der Waals surface area contributed by atoms with E-state index in [-0.39, 0.29) is 11.8 Å². The van der Waals surface area contributed by atoms with Gasteiger partial charge in [-0.15, -0.1) is 11.3 Å². The molecule has 0 saturated carbocycles. The average molecular weight is 271 g/mol. The zero-order chi connectivity index (χ0) is 13.4. The second-order valence-corrected chi connectivity index (χ2v) is 6.28. The summed E-state index contributed by atoms with van der Waals surface area (Å²) in [6.07, 6.45) is 0.824. The molecule has 3 heteroatoms. The lowest BCUT2D eigenvalue weighted by Gasteiger charge is -2.14. The highest BCUT2D eigenvalue weighted by Crippen LogP contribution is 2.39. The average Bonchev–Trinajstić information content (AvgIpc) is 2.93. The number of likely N-dealkylation sites (N-methyl/N-ethyl adjacent to an activating group) is 1. The predicted octanol–water partition coefficient (Wildman–Crippen LogP) is 3.75. The number of anilines is 1. The summed E-state index contributed by atoms with van der Waals surface area (Å²) < 4.78 is 0. The molecule has 98 valence electrons. The van der Waals surface area contributed by atoms with Crippen LogP contribution in [0.5, 0.6) is 0 Å². The van der Waals surface area contributed by atoms with E-state index in [4.69, 9.17) is 0 Å². The van der Waals surface area contributed by atoms with Gasteiger partial charge in [0.05, 0.1) is 5.92 Å². The number of amides is 1. The van der Waals surface area contributed by atoms with Gasteiger partial charge in [-0.3, -0.25) is 4.79 Å². The van der Waals surface area contributed by atoms with Crippen LogP contribution in [0.2, 0.25) is 0 Å². The topological polar surface area (TPSA) is 20.3 Å². The number of nitrogens with zero attached hydrogens (tertiary/aromatic N) is 1. The smallest absolute Gasteiger partial charge is 0.234 e. The first-order chi connectivity index (χ1) is 9.20. The number of para-hydroxylation sites is 1. The molecule has 3 rings (SSSR count). The van der Waals surface area contributed by atoms with Crippen LogP contribution in [-0.2, 0) is 11.2 Å². The van der Waals surface area contributed by atoms with E-state index >= 15 is 0 Å². The Morgan fingerprint density at radius 3 is 2.68 bits per heavy atom. The van der Waals surface area contributed by atoms with Gasteiger partial charge in [-0.2, -0.15) is 0 Å². The van der Waals surface area contributed by atoms with Crippen LogP contribution < -0.4 is 4.90 Å². The van der Waals surface area contributed by atoms with Crippen molar-refractivity contribution in [3.8, 4) is 0 Å². The van der Waals surface area contributed by atoms with Crippen LogP contribution in [0.15, 0.2) is 36.4 Å². The molecule has 2 aromatic rings. The van der Waals surface area contributed by atoms with E-state index in [1.54, 1.807) is 11.3 Å². The molecule has 1 aromatic heterocycles. The van der Waals surface area contributed by atoms with Gasteiger partial charge < -0.3 is 4.90 Å². The molecule has 0 radical (unpaired) electrons. The third-order valence-electron chi connectivity index (χ3n) is 3.68. The van der Waals surface area contributed by atoms with E-state index in [1.807, 2.05) is 24.0 Å². The first kappa shape index (κ1) is 12.4. The fraction of sp³-hybridized carbons (Fsp3) is 0.312. The molecule has 0 spiro atoms. The second kappa shape index (κ2) is 4.82. The van der Waals surface area contributed by atoms with Crippen LogP contribution in [0, 0.1) is 6.92 Å². The van der Waals surface area contributed by atoms with Gasteiger partial charge in [0, 0.05) is 22.0 Å². The van der Waals surface area contributed by atoms with Crippen LogP contribution in [0.25, 0.3) is 0 Å². The third-order valence-corrected chi connectivity index (χ3v) is 4.71. The molecule has 0 bridgehead atoms. The van der Waals surface area contributed by atoms with Crippen molar-refractivity contribution in [1.29, 1.82) is 0 Å². The molecule has 0 unspecified atom stereocenters. The summed E-state index contributed by atoms with van der Waals surface area (Å²) in [5.41, 5.74) is 2.27.